The first kappa shape index (κ1) is 15.1. The molecular weight excluding hydrogens is 269 g/mol. The summed E-state index contributed by atoms with van der Waals surface area (Å²) in [4.78, 5) is 1.12. The number of thioether (sulfide) groups is 1. The SMILES string of the molecule is CC(C)c1ccc(SC(CN)c2ccccc2F)cc1. The molecule has 2 aromatic rings. The van der Waals surface area contributed by atoms with E-state index in [-0.39, 0.29) is 11.1 Å². The van der Waals surface area contributed by atoms with Crippen LogP contribution in [0.3, 0.4) is 0 Å². The van der Waals surface area contributed by atoms with Gasteiger partial charge >= 0.3 is 0 Å². The van der Waals surface area contributed by atoms with Gasteiger partial charge in [-0.15, -0.1) is 11.8 Å². The molecule has 0 aliphatic heterocycles. The molecule has 0 heterocycles. The Morgan fingerprint density at radius 3 is 2.25 bits per heavy atom. The molecule has 2 aromatic carbocycles. The lowest BCUT2D eigenvalue weighted by Gasteiger charge is -2.16. The van der Waals surface area contributed by atoms with E-state index >= 15 is 0 Å². The Bertz CT molecular complexity index is 551. The molecule has 0 saturated heterocycles. The Morgan fingerprint density at radius 1 is 1.05 bits per heavy atom. The summed E-state index contributed by atoms with van der Waals surface area (Å²) in [5.41, 5.74) is 7.80. The van der Waals surface area contributed by atoms with Gasteiger partial charge in [0.1, 0.15) is 5.82 Å². The lowest BCUT2D eigenvalue weighted by molar-refractivity contribution is 0.608. The smallest absolute Gasteiger partial charge is 0.127 e. The largest absolute Gasteiger partial charge is 0.329 e. The molecule has 2 N–H and O–H groups in total. The number of halogens is 1. The molecule has 3 heteroatoms. The summed E-state index contributed by atoms with van der Waals surface area (Å²) in [5.74, 6) is 0.333. The van der Waals surface area contributed by atoms with Gasteiger partial charge in [0, 0.05) is 22.3 Å². The molecule has 0 aliphatic rings. The van der Waals surface area contributed by atoms with E-state index in [2.05, 4.69) is 38.1 Å². The van der Waals surface area contributed by atoms with E-state index in [9.17, 15) is 4.39 Å². The fourth-order valence-corrected chi connectivity index (χ4v) is 3.11. The Labute approximate surface area is 124 Å². The van der Waals surface area contributed by atoms with Crippen LogP contribution in [0.1, 0.15) is 36.1 Å². The molecule has 0 aromatic heterocycles. The summed E-state index contributed by atoms with van der Waals surface area (Å²) in [6, 6.07) is 15.3. The minimum absolute atomic E-state index is 0.0545. The van der Waals surface area contributed by atoms with Gasteiger partial charge in [-0.25, -0.2) is 4.39 Å². The standard InChI is InChI=1S/C17H20FNS/c1-12(2)13-7-9-14(10-8-13)20-17(11-19)15-5-3-4-6-16(15)18/h3-10,12,17H,11,19H2,1-2H3. The molecule has 0 bridgehead atoms. The van der Waals surface area contributed by atoms with Crippen molar-refractivity contribution >= 4 is 11.8 Å². The molecule has 1 atom stereocenters. The zero-order valence-corrected chi connectivity index (χ0v) is 12.7. The van der Waals surface area contributed by atoms with Crippen LogP contribution in [-0.2, 0) is 0 Å². The molecule has 0 spiro atoms. The van der Waals surface area contributed by atoms with Crippen LogP contribution in [0.15, 0.2) is 53.4 Å². The monoisotopic (exact) mass is 289 g/mol. The Kier molecular flexibility index (Phi) is 5.21. The van der Waals surface area contributed by atoms with Gasteiger partial charge in [0.15, 0.2) is 0 Å². The average Bonchev–Trinajstić information content (AvgIpc) is 2.46. The van der Waals surface area contributed by atoms with E-state index < -0.39 is 0 Å². The maximum atomic E-state index is 13.8. The lowest BCUT2D eigenvalue weighted by atomic mass is 10.0. The lowest BCUT2D eigenvalue weighted by Crippen LogP contribution is -2.10. The van der Waals surface area contributed by atoms with Gasteiger partial charge in [0.2, 0.25) is 0 Å². The van der Waals surface area contributed by atoms with Crippen LogP contribution in [-0.4, -0.2) is 6.54 Å². The van der Waals surface area contributed by atoms with Crippen molar-refractivity contribution in [2.75, 3.05) is 6.54 Å². The topological polar surface area (TPSA) is 26.0 Å². The van der Waals surface area contributed by atoms with Crippen LogP contribution in [0.4, 0.5) is 4.39 Å². The van der Waals surface area contributed by atoms with Gasteiger partial charge in [0.25, 0.3) is 0 Å². The van der Waals surface area contributed by atoms with Crippen molar-refractivity contribution in [2.45, 2.75) is 29.9 Å². The summed E-state index contributed by atoms with van der Waals surface area (Å²) >= 11 is 1.61. The fraction of sp³-hybridized carbons (Fsp3) is 0.294. The van der Waals surface area contributed by atoms with Gasteiger partial charge < -0.3 is 5.73 Å². The molecule has 0 radical (unpaired) electrons. The van der Waals surface area contributed by atoms with Gasteiger partial charge in [-0.2, -0.15) is 0 Å². The number of hydrogen-bond donors (Lipinski definition) is 1. The summed E-state index contributed by atoms with van der Waals surface area (Å²) in [6.07, 6.45) is 0. The van der Waals surface area contributed by atoms with Gasteiger partial charge in [-0.05, 0) is 29.7 Å². The third-order valence-corrected chi connectivity index (χ3v) is 4.57. The third kappa shape index (κ3) is 3.62. The average molecular weight is 289 g/mol. The van der Waals surface area contributed by atoms with Gasteiger partial charge in [0.05, 0.1) is 0 Å². The first-order chi connectivity index (χ1) is 9.61. The molecule has 20 heavy (non-hydrogen) atoms. The predicted molar refractivity (Wildman–Crippen MR) is 84.6 cm³/mol. The molecule has 106 valence electrons. The van der Waals surface area contributed by atoms with Crippen molar-refractivity contribution in [2.24, 2.45) is 5.73 Å². The molecular formula is C17H20FNS. The van der Waals surface area contributed by atoms with E-state index in [1.54, 1.807) is 17.8 Å². The van der Waals surface area contributed by atoms with Gasteiger partial charge in [-0.3, -0.25) is 0 Å². The number of rotatable bonds is 5. The van der Waals surface area contributed by atoms with Crippen molar-refractivity contribution in [1.82, 2.24) is 0 Å². The van der Waals surface area contributed by atoms with Crippen LogP contribution >= 0.6 is 11.8 Å². The van der Waals surface area contributed by atoms with Crippen LogP contribution in [0.5, 0.6) is 0 Å². The summed E-state index contributed by atoms with van der Waals surface area (Å²) in [6.45, 7) is 4.76. The zero-order chi connectivity index (χ0) is 14.5. The molecule has 1 nitrogen and oxygen atoms in total. The first-order valence-corrected chi connectivity index (χ1v) is 7.71. The van der Waals surface area contributed by atoms with Crippen LogP contribution in [0.25, 0.3) is 0 Å². The molecule has 0 saturated carbocycles. The molecule has 2 rings (SSSR count). The third-order valence-electron chi connectivity index (χ3n) is 3.29. The van der Waals surface area contributed by atoms with Crippen molar-refractivity contribution in [3.05, 3.63) is 65.5 Å². The van der Waals surface area contributed by atoms with Crippen LogP contribution < -0.4 is 5.73 Å². The predicted octanol–water partition coefficient (Wildman–Crippen LogP) is 4.74. The highest BCUT2D eigenvalue weighted by atomic mass is 32.2. The highest BCUT2D eigenvalue weighted by Gasteiger charge is 2.15. The van der Waals surface area contributed by atoms with E-state index in [1.807, 2.05) is 12.1 Å². The molecule has 0 amide bonds. The molecule has 1 unspecified atom stereocenters. The summed E-state index contributed by atoms with van der Waals surface area (Å²) < 4.78 is 13.8. The minimum atomic E-state index is -0.186. The van der Waals surface area contributed by atoms with E-state index in [1.165, 1.54) is 11.6 Å². The van der Waals surface area contributed by atoms with Crippen LogP contribution in [0, 0.1) is 5.82 Å². The number of benzene rings is 2. The zero-order valence-electron chi connectivity index (χ0n) is 11.8. The van der Waals surface area contributed by atoms with Crippen molar-refractivity contribution in [3.63, 3.8) is 0 Å². The summed E-state index contributed by atoms with van der Waals surface area (Å²) in [5, 5.41) is -0.0545. The summed E-state index contributed by atoms with van der Waals surface area (Å²) in [7, 11) is 0. The maximum Gasteiger partial charge on any atom is 0.127 e. The second-order valence-corrected chi connectivity index (χ2v) is 6.36. The fourth-order valence-electron chi connectivity index (χ4n) is 2.07. The highest BCUT2D eigenvalue weighted by molar-refractivity contribution is 7.99. The van der Waals surface area contributed by atoms with E-state index in [4.69, 9.17) is 5.73 Å². The van der Waals surface area contributed by atoms with Crippen LogP contribution in [0.2, 0.25) is 0 Å². The Balaban J connectivity index is 2.16. The second-order valence-electron chi connectivity index (χ2n) is 5.09. The second kappa shape index (κ2) is 6.91. The van der Waals surface area contributed by atoms with E-state index in [0.29, 0.717) is 18.0 Å². The Morgan fingerprint density at radius 2 is 1.70 bits per heavy atom. The highest BCUT2D eigenvalue weighted by Crippen LogP contribution is 2.35. The van der Waals surface area contributed by atoms with Crippen molar-refractivity contribution in [1.29, 1.82) is 0 Å². The normalized spacial score (nSPS) is 12.7. The Hall–Kier alpha value is -1.32. The van der Waals surface area contributed by atoms with Gasteiger partial charge in [-0.1, -0.05) is 44.2 Å². The van der Waals surface area contributed by atoms with E-state index in [0.717, 1.165) is 4.90 Å². The maximum absolute atomic E-state index is 13.8. The quantitative estimate of drug-likeness (QED) is 0.804. The van der Waals surface area contributed by atoms with Crippen molar-refractivity contribution < 1.29 is 4.39 Å². The molecule has 0 fully saturated rings. The van der Waals surface area contributed by atoms with Crippen molar-refractivity contribution in [3.8, 4) is 0 Å². The number of hydrogen-bond acceptors (Lipinski definition) is 2. The minimum Gasteiger partial charge on any atom is -0.329 e. The molecule has 0 aliphatic carbocycles. The number of nitrogens with two attached hydrogens (primary N) is 1. The first-order valence-electron chi connectivity index (χ1n) is 6.83.